The van der Waals surface area contributed by atoms with E-state index in [1.165, 1.54) is 0 Å². The molecule has 0 saturated carbocycles. The summed E-state index contributed by atoms with van der Waals surface area (Å²) >= 11 is 0. The second kappa shape index (κ2) is 4.71. The Morgan fingerprint density at radius 3 is 2.27 bits per heavy atom. The third-order valence-corrected chi connectivity index (χ3v) is 1.29. The third-order valence-electron chi connectivity index (χ3n) is 1.29. The van der Waals surface area contributed by atoms with Gasteiger partial charge < -0.3 is 10.6 Å². The lowest BCUT2D eigenvalue weighted by molar-refractivity contribution is 0.611. The van der Waals surface area contributed by atoms with Gasteiger partial charge in [0.1, 0.15) is 0 Å². The maximum absolute atomic E-state index is 5.49. The van der Waals surface area contributed by atoms with Crippen LogP contribution in [0.3, 0.4) is 0 Å². The molecule has 0 amide bonds. The predicted octanol–water partition coefficient (Wildman–Crippen LogP) is 0.649. The van der Waals surface area contributed by atoms with Crippen LogP contribution in [0.25, 0.3) is 0 Å². The first kappa shape index (κ1) is 9.94. The van der Waals surface area contributed by atoms with Crippen molar-refractivity contribution in [1.29, 1.82) is 0 Å². The van der Waals surface area contributed by atoms with E-state index in [4.69, 9.17) is 5.73 Å². The number of hydrogen-bond donors (Lipinski definition) is 1. The largest absolute Gasteiger partial charge is 0.368 e. The van der Waals surface area contributed by atoms with Crippen LogP contribution in [0.4, 0.5) is 0 Å². The van der Waals surface area contributed by atoms with Crippen LogP contribution in [-0.4, -0.2) is 30.7 Å². The van der Waals surface area contributed by atoms with Gasteiger partial charge in [0.2, 0.25) is 5.96 Å². The zero-order valence-corrected chi connectivity index (χ0v) is 7.63. The van der Waals surface area contributed by atoms with Crippen LogP contribution in [-0.2, 0) is 0 Å². The van der Waals surface area contributed by atoms with Gasteiger partial charge in [-0.2, -0.15) is 5.10 Å². The van der Waals surface area contributed by atoms with Crippen molar-refractivity contribution >= 4 is 11.7 Å². The first-order valence-electron chi connectivity index (χ1n) is 3.61. The highest BCUT2D eigenvalue weighted by molar-refractivity contribution is 5.83. The average molecular weight is 156 g/mol. The number of guanidine groups is 1. The Kier molecular flexibility index (Phi) is 4.26. The van der Waals surface area contributed by atoms with Gasteiger partial charge in [-0.15, -0.1) is 5.10 Å². The van der Waals surface area contributed by atoms with E-state index in [2.05, 4.69) is 10.2 Å². The summed E-state index contributed by atoms with van der Waals surface area (Å²) in [5.74, 6) is 0.429. The molecule has 2 N–H and O–H groups in total. The number of nitrogens with zero attached hydrogens (tertiary/aromatic N) is 3. The fourth-order valence-electron chi connectivity index (χ4n) is 0.297. The van der Waals surface area contributed by atoms with E-state index in [1.807, 2.05) is 27.9 Å². The van der Waals surface area contributed by atoms with Gasteiger partial charge in [-0.3, -0.25) is 0 Å². The van der Waals surface area contributed by atoms with E-state index < -0.39 is 0 Å². The number of rotatable bonds is 2. The lowest BCUT2D eigenvalue weighted by Gasteiger charge is -2.07. The van der Waals surface area contributed by atoms with Crippen molar-refractivity contribution in [1.82, 2.24) is 4.90 Å². The Labute approximate surface area is 67.8 Å². The van der Waals surface area contributed by atoms with Crippen LogP contribution < -0.4 is 5.73 Å². The molecule has 0 fully saturated rings. The minimum atomic E-state index is 0.429. The van der Waals surface area contributed by atoms with Crippen molar-refractivity contribution in [2.75, 3.05) is 14.1 Å². The molecule has 0 rings (SSSR count). The third kappa shape index (κ3) is 4.36. The molecule has 0 aromatic heterocycles. The molecule has 0 spiro atoms. The molecule has 0 aromatic rings. The van der Waals surface area contributed by atoms with Gasteiger partial charge in [-0.25, -0.2) is 0 Å². The molecule has 4 nitrogen and oxygen atoms in total. The summed E-state index contributed by atoms with van der Waals surface area (Å²) in [7, 11) is 3.66. The highest BCUT2D eigenvalue weighted by Gasteiger charge is 1.91. The van der Waals surface area contributed by atoms with E-state index in [-0.39, 0.29) is 0 Å². The van der Waals surface area contributed by atoms with E-state index in [9.17, 15) is 0 Å². The zero-order valence-electron chi connectivity index (χ0n) is 7.63. The van der Waals surface area contributed by atoms with E-state index in [0.717, 1.165) is 12.1 Å². The molecule has 0 aliphatic rings. The second-order valence-electron chi connectivity index (χ2n) is 2.54. The highest BCUT2D eigenvalue weighted by Crippen LogP contribution is 1.85. The van der Waals surface area contributed by atoms with Gasteiger partial charge in [0, 0.05) is 19.8 Å². The average Bonchev–Trinajstić information content (AvgIpc) is 1.99. The van der Waals surface area contributed by atoms with Crippen LogP contribution in [0.2, 0.25) is 0 Å². The predicted molar refractivity (Wildman–Crippen MR) is 48.7 cm³/mol. The maximum Gasteiger partial charge on any atom is 0.215 e. The van der Waals surface area contributed by atoms with Gasteiger partial charge >= 0.3 is 0 Å². The van der Waals surface area contributed by atoms with Crippen molar-refractivity contribution in [3.05, 3.63) is 0 Å². The maximum atomic E-state index is 5.49. The van der Waals surface area contributed by atoms with Gasteiger partial charge in [0.15, 0.2) is 0 Å². The van der Waals surface area contributed by atoms with Gasteiger partial charge in [0.25, 0.3) is 0 Å². The molecule has 0 aliphatic heterocycles. The second-order valence-corrected chi connectivity index (χ2v) is 2.54. The van der Waals surface area contributed by atoms with Crippen molar-refractivity contribution in [3.63, 3.8) is 0 Å². The van der Waals surface area contributed by atoms with Crippen LogP contribution in [0, 0.1) is 0 Å². The molecule has 0 aliphatic carbocycles. The summed E-state index contributed by atoms with van der Waals surface area (Å²) < 4.78 is 0. The van der Waals surface area contributed by atoms with Crippen LogP contribution in [0.15, 0.2) is 10.2 Å². The Hall–Kier alpha value is -1.06. The van der Waals surface area contributed by atoms with Crippen molar-refractivity contribution in [2.45, 2.75) is 20.3 Å². The summed E-state index contributed by atoms with van der Waals surface area (Å²) in [6.07, 6.45) is 0.907. The summed E-state index contributed by atoms with van der Waals surface area (Å²) in [6.45, 7) is 3.95. The molecule has 0 bridgehead atoms. The molecular formula is C7H16N4. The monoisotopic (exact) mass is 156 g/mol. The van der Waals surface area contributed by atoms with Crippen molar-refractivity contribution < 1.29 is 0 Å². The SMILES string of the molecule is CC/C(C)=N\N=C(/N)N(C)C. The Morgan fingerprint density at radius 1 is 1.36 bits per heavy atom. The van der Waals surface area contributed by atoms with Gasteiger partial charge in [0.05, 0.1) is 0 Å². The number of hydrogen-bond acceptors (Lipinski definition) is 2. The number of nitrogens with two attached hydrogens (primary N) is 1. The zero-order chi connectivity index (χ0) is 8.85. The Balaban J connectivity index is 4.11. The van der Waals surface area contributed by atoms with Crippen LogP contribution in [0.5, 0.6) is 0 Å². The molecule has 0 heterocycles. The van der Waals surface area contributed by atoms with E-state index >= 15 is 0 Å². The Bertz CT molecular complexity index is 169. The summed E-state index contributed by atoms with van der Waals surface area (Å²) in [6, 6.07) is 0. The molecule has 64 valence electrons. The van der Waals surface area contributed by atoms with Crippen molar-refractivity contribution in [3.8, 4) is 0 Å². The summed E-state index contributed by atoms with van der Waals surface area (Å²) in [5, 5.41) is 7.70. The standard InChI is InChI=1S/C7H16N4/c1-5-6(2)9-10-7(8)11(3)4/h5H2,1-4H3,(H2,8,10)/b9-6-. The minimum absolute atomic E-state index is 0.429. The van der Waals surface area contributed by atoms with Crippen LogP contribution in [0.1, 0.15) is 20.3 Å². The molecule has 0 saturated heterocycles. The highest BCUT2D eigenvalue weighted by atomic mass is 15.3. The van der Waals surface area contributed by atoms with Gasteiger partial charge in [-0.1, -0.05) is 6.92 Å². The molecule has 0 atom stereocenters. The first-order chi connectivity index (χ1) is 5.07. The first-order valence-corrected chi connectivity index (χ1v) is 3.61. The van der Waals surface area contributed by atoms with E-state index in [1.54, 1.807) is 4.90 Å². The molecule has 4 heteroatoms. The van der Waals surface area contributed by atoms with E-state index in [0.29, 0.717) is 5.96 Å². The minimum Gasteiger partial charge on any atom is -0.368 e. The Morgan fingerprint density at radius 2 is 1.91 bits per heavy atom. The van der Waals surface area contributed by atoms with Crippen molar-refractivity contribution in [2.24, 2.45) is 15.9 Å². The summed E-state index contributed by atoms with van der Waals surface area (Å²) in [5.41, 5.74) is 6.47. The molecule has 0 aromatic carbocycles. The fraction of sp³-hybridized carbons (Fsp3) is 0.714. The molecule has 0 unspecified atom stereocenters. The lowest BCUT2D eigenvalue weighted by Crippen LogP contribution is -2.29. The molecule has 0 radical (unpaired) electrons. The topological polar surface area (TPSA) is 54.0 Å². The molecular weight excluding hydrogens is 140 g/mol. The lowest BCUT2D eigenvalue weighted by atomic mass is 10.3. The fourth-order valence-corrected chi connectivity index (χ4v) is 0.297. The van der Waals surface area contributed by atoms with Crippen LogP contribution >= 0.6 is 0 Å². The molecule has 11 heavy (non-hydrogen) atoms. The smallest absolute Gasteiger partial charge is 0.215 e. The normalized spacial score (nSPS) is 13.5. The summed E-state index contributed by atoms with van der Waals surface area (Å²) in [4.78, 5) is 1.71. The quantitative estimate of drug-likeness (QED) is 0.362. The van der Waals surface area contributed by atoms with Gasteiger partial charge in [-0.05, 0) is 13.3 Å².